The summed E-state index contributed by atoms with van der Waals surface area (Å²) in [6, 6.07) is 6.43. The van der Waals surface area contributed by atoms with Crippen molar-refractivity contribution in [2.24, 2.45) is 5.92 Å². The Labute approximate surface area is 125 Å². The van der Waals surface area contributed by atoms with Gasteiger partial charge < -0.3 is 10.1 Å². The van der Waals surface area contributed by atoms with E-state index in [2.05, 4.69) is 37.4 Å². The molecule has 1 atom stereocenters. The molecular weight excluding hydrogens is 270 g/mol. The van der Waals surface area contributed by atoms with Crippen molar-refractivity contribution in [3.05, 3.63) is 29.3 Å². The third kappa shape index (κ3) is 3.01. The van der Waals surface area contributed by atoms with Crippen molar-refractivity contribution in [2.45, 2.75) is 37.1 Å². The molecule has 0 radical (unpaired) electrons. The molecule has 0 heterocycles. The number of ether oxygens (including phenoxy) is 1. The zero-order chi connectivity index (χ0) is 14.8. The molecule has 1 aromatic carbocycles. The number of thioether (sulfide) groups is 1. The van der Waals surface area contributed by atoms with E-state index in [0.29, 0.717) is 11.7 Å². The van der Waals surface area contributed by atoms with E-state index in [4.69, 9.17) is 4.74 Å². The molecule has 4 heteroatoms. The van der Waals surface area contributed by atoms with Gasteiger partial charge in [-0.3, -0.25) is 4.79 Å². The summed E-state index contributed by atoms with van der Waals surface area (Å²) in [7, 11) is 3.33. The van der Waals surface area contributed by atoms with Gasteiger partial charge in [-0.2, -0.15) is 0 Å². The normalized spacial score (nSPS) is 17.6. The monoisotopic (exact) mass is 293 g/mol. The van der Waals surface area contributed by atoms with E-state index < -0.39 is 5.54 Å². The standard InChI is InChI=1S/C16H23NO2S/c1-11-5-8-14(12(2)9-11)20-10-16(17-3,13-6-7-13)15(18)19-4/h5,8-9,13,17H,6-7,10H2,1-4H3. The fourth-order valence-corrected chi connectivity index (χ4v) is 3.96. The van der Waals surface area contributed by atoms with Crippen LogP contribution in [0, 0.1) is 19.8 Å². The zero-order valence-electron chi connectivity index (χ0n) is 12.7. The first-order valence-electron chi connectivity index (χ1n) is 7.01. The van der Waals surface area contributed by atoms with Gasteiger partial charge in [0.2, 0.25) is 0 Å². The lowest BCUT2D eigenvalue weighted by atomic mass is 9.96. The van der Waals surface area contributed by atoms with Gasteiger partial charge in [0.25, 0.3) is 0 Å². The Kier molecular flexibility index (Phi) is 4.76. The molecular formula is C16H23NO2S. The van der Waals surface area contributed by atoms with Crippen LogP contribution in [0.25, 0.3) is 0 Å². The minimum absolute atomic E-state index is 0.139. The molecule has 3 nitrogen and oxygen atoms in total. The summed E-state index contributed by atoms with van der Waals surface area (Å²) >= 11 is 1.74. The molecule has 0 amide bonds. The van der Waals surface area contributed by atoms with Crippen LogP contribution in [-0.2, 0) is 9.53 Å². The van der Waals surface area contributed by atoms with E-state index >= 15 is 0 Å². The smallest absolute Gasteiger partial charge is 0.327 e. The molecule has 0 spiro atoms. The molecule has 1 fully saturated rings. The third-order valence-electron chi connectivity index (χ3n) is 4.06. The Morgan fingerprint density at radius 1 is 1.45 bits per heavy atom. The lowest BCUT2D eigenvalue weighted by Gasteiger charge is -2.30. The van der Waals surface area contributed by atoms with Crippen LogP contribution in [0.3, 0.4) is 0 Å². The van der Waals surface area contributed by atoms with Gasteiger partial charge in [-0.25, -0.2) is 0 Å². The van der Waals surface area contributed by atoms with Crippen LogP contribution in [0.1, 0.15) is 24.0 Å². The van der Waals surface area contributed by atoms with Gasteiger partial charge in [0.05, 0.1) is 7.11 Å². The highest BCUT2D eigenvalue weighted by atomic mass is 32.2. The molecule has 0 aliphatic heterocycles. The predicted octanol–water partition coefficient (Wildman–Crippen LogP) is 2.94. The molecule has 0 bridgehead atoms. The maximum absolute atomic E-state index is 12.2. The van der Waals surface area contributed by atoms with Crippen LogP contribution in [-0.4, -0.2) is 31.4 Å². The lowest BCUT2D eigenvalue weighted by molar-refractivity contribution is -0.148. The van der Waals surface area contributed by atoms with E-state index in [1.807, 2.05) is 7.05 Å². The van der Waals surface area contributed by atoms with Crippen molar-refractivity contribution >= 4 is 17.7 Å². The fraction of sp³-hybridized carbons (Fsp3) is 0.562. The first kappa shape index (κ1) is 15.4. The van der Waals surface area contributed by atoms with Crippen molar-refractivity contribution in [2.75, 3.05) is 19.9 Å². The maximum atomic E-state index is 12.2. The molecule has 0 saturated heterocycles. The second kappa shape index (κ2) is 6.19. The van der Waals surface area contributed by atoms with E-state index in [-0.39, 0.29) is 5.97 Å². The number of likely N-dealkylation sites (N-methyl/N-ethyl adjacent to an activating group) is 1. The van der Waals surface area contributed by atoms with E-state index in [1.54, 1.807) is 11.8 Å². The summed E-state index contributed by atoms with van der Waals surface area (Å²) in [5.74, 6) is 0.975. The molecule has 2 rings (SSSR count). The molecule has 1 aromatic rings. The number of nitrogens with one attached hydrogen (secondary N) is 1. The average Bonchev–Trinajstić information content (AvgIpc) is 3.26. The summed E-state index contributed by atoms with van der Waals surface area (Å²) in [5, 5.41) is 3.23. The van der Waals surface area contributed by atoms with Gasteiger partial charge in [0.15, 0.2) is 0 Å². The van der Waals surface area contributed by atoms with Crippen molar-refractivity contribution in [1.82, 2.24) is 5.32 Å². The van der Waals surface area contributed by atoms with Gasteiger partial charge >= 0.3 is 5.97 Å². The predicted molar refractivity (Wildman–Crippen MR) is 83.2 cm³/mol. The largest absolute Gasteiger partial charge is 0.468 e. The number of carbonyl (C=O) groups is 1. The minimum Gasteiger partial charge on any atom is -0.468 e. The molecule has 110 valence electrons. The maximum Gasteiger partial charge on any atom is 0.327 e. The minimum atomic E-state index is -0.545. The third-order valence-corrected chi connectivity index (χ3v) is 5.42. The molecule has 1 unspecified atom stereocenters. The van der Waals surface area contributed by atoms with Crippen molar-refractivity contribution in [3.63, 3.8) is 0 Å². The Hall–Kier alpha value is -1.00. The van der Waals surface area contributed by atoms with E-state index in [9.17, 15) is 4.79 Å². The molecule has 1 aliphatic carbocycles. The van der Waals surface area contributed by atoms with Gasteiger partial charge in [-0.05, 0) is 51.3 Å². The van der Waals surface area contributed by atoms with Crippen LogP contribution >= 0.6 is 11.8 Å². The first-order valence-corrected chi connectivity index (χ1v) is 7.99. The van der Waals surface area contributed by atoms with E-state index in [0.717, 1.165) is 12.8 Å². The Morgan fingerprint density at radius 3 is 2.65 bits per heavy atom. The Morgan fingerprint density at radius 2 is 2.15 bits per heavy atom. The number of rotatable bonds is 6. The van der Waals surface area contributed by atoms with Gasteiger partial charge in [0, 0.05) is 10.6 Å². The topological polar surface area (TPSA) is 38.3 Å². The van der Waals surface area contributed by atoms with Gasteiger partial charge in [-0.15, -0.1) is 11.8 Å². The van der Waals surface area contributed by atoms with Crippen LogP contribution in [0.15, 0.2) is 23.1 Å². The van der Waals surface area contributed by atoms with Gasteiger partial charge in [-0.1, -0.05) is 17.7 Å². The highest BCUT2D eigenvalue weighted by Gasteiger charge is 2.50. The summed E-state index contributed by atoms with van der Waals surface area (Å²) in [5.41, 5.74) is 1.99. The zero-order valence-corrected chi connectivity index (χ0v) is 13.5. The van der Waals surface area contributed by atoms with Gasteiger partial charge in [0.1, 0.15) is 5.54 Å². The Balaban J connectivity index is 2.14. The quantitative estimate of drug-likeness (QED) is 0.646. The molecule has 1 N–H and O–H groups in total. The summed E-state index contributed by atoms with van der Waals surface area (Å²) < 4.78 is 5.03. The van der Waals surface area contributed by atoms with Crippen molar-refractivity contribution < 1.29 is 9.53 Å². The first-order chi connectivity index (χ1) is 9.53. The van der Waals surface area contributed by atoms with Crippen LogP contribution < -0.4 is 5.32 Å². The number of hydrogen-bond acceptors (Lipinski definition) is 4. The number of methoxy groups -OCH3 is 1. The SMILES string of the molecule is CNC(CSc1ccc(C)cc1C)(C(=O)OC)C1CC1. The number of aryl methyl sites for hydroxylation is 2. The number of benzene rings is 1. The average molecular weight is 293 g/mol. The number of carbonyl (C=O) groups excluding carboxylic acids is 1. The fourth-order valence-electron chi connectivity index (χ4n) is 2.63. The highest BCUT2D eigenvalue weighted by Crippen LogP contribution is 2.43. The highest BCUT2D eigenvalue weighted by molar-refractivity contribution is 7.99. The second-order valence-corrected chi connectivity index (χ2v) is 6.56. The van der Waals surface area contributed by atoms with E-state index in [1.165, 1.54) is 23.1 Å². The van der Waals surface area contributed by atoms with Crippen LogP contribution in [0.2, 0.25) is 0 Å². The summed E-state index contributed by atoms with van der Waals surface area (Å²) in [4.78, 5) is 13.4. The molecule has 20 heavy (non-hydrogen) atoms. The summed E-state index contributed by atoms with van der Waals surface area (Å²) in [6.07, 6.45) is 2.20. The van der Waals surface area contributed by atoms with Crippen molar-refractivity contribution in [3.8, 4) is 0 Å². The molecule has 1 aliphatic rings. The number of hydrogen-bond donors (Lipinski definition) is 1. The van der Waals surface area contributed by atoms with Crippen molar-refractivity contribution in [1.29, 1.82) is 0 Å². The second-order valence-electron chi connectivity index (χ2n) is 5.54. The van der Waals surface area contributed by atoms with Crippen LogP contribution in [0.4, 0.5) is 0 Å². The lowest BCUT2D eigenvalue weighted by Crippen LogP contribution is -2.55. The molecule has 0 aromatic heterocycles. The van der Waals surface area contributed by atoms with Crippen LogP contribution in [0.5, 0.6) is 0 Å². The summed E-state index contributed by atoms with van der Waals surface area (Å²) in [6.45, 7) is 4.21. The Bertz CT molecular complexity index is 499. The number of esters is 1. The molecule has 1 saturated carbocycles.